The van der Waals surface area contributed by atoms with Crippen LogP contribution >= 0.6 is 0 Å². The molecule has 1 saturated heterocycles. The molecule has 6 heteroatoms. The summed E-state index contributed by atoms with van der Waals surface area (Å²) in [7, 11) is 0. The molecule has 6 nitrogen and oxygen atoms in total. The highest BCUT2D eigenvalue weighted by molar-refractivity contribution is 6.09. The van der Waals surface area contributed by atoms with Gasteiger partial charge in [0.05, 0.1) is 22.7 Å². The summed E-state index contributed by atoms with van der Waals surface area (Å²) >= 11 is 0. The van der Waals surface area contributed by atoms with Gasteiger partial charge in [-0.05, 0) is 87.4 Å². The minimum atomic E-state index is -0.661. The largest absolute Gasteiger partial charge is 0.384 e. The lowest BCUT2D eigenvalue weighted by Crippen LogP contribution is -2.37. The first-order chi connectivity index (χ1) is 18.5. The fourth-order valence-electron chi connectivity index (χ4n) is 6.08. The monoisotopic (exact) mass is 512 g/mol. The maximum Gasteiger partial charge on any atom is 0.241 e. The maximum atomic E-state index is 14.1. The van der Waals surface area contributed by atoms with Gasteiger partial charge in [0, 0.05) is 49.3 Å². The number of hydrogen-bond donors (Lipinski definition) is 2. The molecular weight excluding hydrogens is 472 g/mol. The van der Waals surface area contributed by atoms with E-state index in [1.165, 1.54) is 24.8 Å². The van der Waals surface area contributed by atoms with Crippen LogP contribution in [-0.2, 0) is 9.53 Å². The summed E-state index contributed by atoms with van der Waals surface area (Å²) in [6, 6.07) is 16.7. The van der Waals surface area contributed by atoms with E-state index in [0.717, 1.165) is 74.6 Å². The Bertz CT molecular complexity index is 1200. The number of allylic oxidation sites excluding steroid dienone is 1. The zero-order valence-electron chi connectivity index (χ0n) is 22.8. The molecular formula is C32H40N4O2. The van der Waals surface area contributed by atoms with Crippen molar-refractivity contribution in [1.82, 2.24) is 5.32 Å². The number of carbonyl (C=O) groups excluding carboxylic acids is 1. The molecule has 5 rings (SSSR count). The molecule has 2 aliphatic heterocycles. The third-order valence-corrected chi connectivity index (χ3v) is 8.23. The van der Waals surface area contributed by atoms with E-state index in [1.54, 1.807) is 0 Å². The Labute approximate surface area is 227 Å². The van der Waals surface area contributed by atoms with E-state index in [2.05, 4.69) is 28.8 Å². The van der Waals surface area contributed by atoms with Crippen LogP contribution in [0.2, 0.25) is 0 Å². The molecule has 3 aliphatic rings. The van der Waals surface area contributed by atoms with Crippen LogP contribution in [0.15, 0.2) is 48.5 Å². The van der Waals surface area contributed by atoms with Crippen LogP contribution in [0.25, 0.3) is 5.57 Å². The van der Waals surface area contributed by atoms with Crippen LogP contribution in [0.5, 0.6) is 0 Å². The summed E-state index contributed by atoms with van der Waals surface area (Å²) in [5.41, 5.74) is 4.92. The van der Waals surface area contributed by atoms with Crippen LogP contribution in [-0.4, -0.2) is 38.3 Å². The number of nitriles is 1. The van der Waals surface area contributed by atoms with Crippen molar-refractivity contribution in [3.63, 3.8) is 0 Å². The molecule has 2 heterocycles. The van der Waals surface area contributed by atoms with Crippen molar-refractivity contribution in [2.75, 3.05) is 36.5 Å². The van der Waals surface area contributed by atoms with Gasteiger partial charge in [-0.1, -0.05) is 31.4 Å². The highest BCUT2D eigenvalue weighted by Gasteiger charge is 2.38. The molecule has 0 spiro atoms. The first-order valence-corrected chi connectivity index (χ1v) is 14.2. The van der Waals surface area contributed by atoms with Crippen molar-refractivity contribution in [2.24, 2.45) is 11.3 Å². The number of rotatable bonds is 7. The SMILES string of the molecule is CC1(C)C=C(C2CCCCC2)c2ccc(C#N)cc2N(c2ccc(NCCNC3CCOCC3)cc2)C1=O. The topological polar surface area (TPSA) is 77.4 Å². The lowest BCUT2D eigenvalue weighted by molar-refractivity contribution is -0.123. The molecule has 0 atom stereocenters. The fourth-order valence-corrected chi connectivity index (χ4v) is 6.08. The van der Waals surface area contributed by atoms with Gasteiger partial charge in [0.15, 0.2) is 0 Å². The van der Waals surface area contributed by atoms with Crippen LogP contribution in [0.1, 0.15) is 69.9 Å². The molecule has 200 valence electrons. The van der Waals surface area contributed by atoms with E-state index in [1.807, 2.05) is 55.1 Å². The molecule has 38 heavy (non-hydrogen) atoms. The van der Waals surface area contributed by atoms with E-state index >= 15 is 0 Å². The molecule has 1 saturated carbocycles. The predicted molar refractivity (Wildman–Crippen MR) is 153 cm³/mol. The van der Waals surface area contributed by atoms with Gasteiger partial charge >= 0.3 is 0 Å². The summed E-state index contributed by atoms with van der Waals surface area (Å²) in [4.78, 5) is 15.9. The van der Waals surface area contributed by atoms with Crippen LogP contribution in [0, 0.1) is 22.7 Å². The first-order valence-electron chi connectivity index (χ1n) is 14.2. The Kier molecular flexibility index (Phi) is 8.16. The number of hydrogen-bond acceptors (Lipinski definition) is 5. The standard InChI is InChI=1S/C32H40N4O2/c1-32(2)21-29(24-6-4-3-5-7-24)28-13-8-23(22-33)20-30(28)36(31(32)37)27-11-9-25(10-12-27)34-16-17-35-26-14-18-38-19-15-26/h8-13,20-21,24,26,34-35H,3-7,14-19H2,1-2H3. The predicted octanol–water partition coefficient (Wildman–Crippen LogP) is 6.41. The molecule has 0 bridgehead atoms. The van der Waals surface area contributed by atoms with Crippen molar-refractivity contribution >= 4 is 28.5 Å². The number of nitrogens with one attached hydrogen (secondary N) is 2. The second kappa shape index (κ2) is 11.7. The fraction of sp³-hybridized carbons (Fsp3) is 0.500. The van der Waals surface area contributed by atoms with Gasteiger partial charge in [0.2, 0.25) is 5.91 Å². The molecule has 2 fully saturated rings. The molecule has 0 radical (unpaired) electrons. The third-order valence-electron chi connectivity index (χ3n) is 8.23. The van der Waals surface area contributed by atoms with Gasteiger partial charge in [-0.2, -0.15) is 5.26 Å². The van der Waals surface area contributed by atoms with E-state index in [0.29, 0.717) is 17.5 Å². The van der Waals surface area contributed by atoms with Gasteiger partial charge in [0.1, 0.15) is 0 Å². The zero-order chi connectivity index (χ0) is 26.5. The Morgan fingerprint density at radius 1 is 1.00 bits per heavy atom. The first kappa shape index (κ1) is 26.5. The summed E-state index contributed by atoms with van der Waals surface area (Å²) < 4.78 is 5.43. The maximum absolute atomic E-state index is 14.1. The van der Waals surface area contributed by atoms with Gasteiger partial charge in [0.25, 0.3) is 0 Å². The second-order valence-electron chi connectivity index (χ2n) is 11.5. The average Bonchev–Trinajstić information content (AvgIpc) is 3.04. The van der Waals surface area contributed by atoms with Gasteiger partial charge < -0.3 is 15.4 Å². The van der Waals surface area contributed by atoms with Crippen LogP contribution in [0.3, 0.4) is 0 Å². The molecule has 1 amide bonds. The Hall–Kier alpha value is -3.14. The number of anilines is 3. The highest BCUT2D eigenvalue weighted by Crippen LogP contribution is 2.47. The second-order valence-corrected chi connectivity index (χ2v) is 11.5. The molecule has 1 aliphatic carbocycles. The lowest BCUT2D eigenvalue weighted by atomic mass is 9.77. The van der Waals surface area contributed by atoms with Crippen molar-refractivity contribution in [3.05, 3.63) is 59.7 Å². The van der Waals surface area contributed by atoms with E-state index < -0.39 is 5.41 Å². The summed E-state index contributed by atoms with van der Waals surface area (Å²) in [5.74, 6) is 0.477. The van der Waals surface area contributed by atoms with E-state index in [-0.39, 0.29) is 5.91 Å². The third kappa shape index (κ3) is 5.80. The van der Waals surface area contributed by atoms with Crippen molar-refractivity contribution in [3.8, 4) is 6.07 Å². The molecule has 0 unspecified atom stereocenters. The quantitative estimate of drug-likeness (QED) is 0.419. The molecule has 2 aromatic carbocycles. The summed E-state index contributed by atoms with van der Waals surface area (Å²) in [6.07, 6.45) is 10.4. The minimum Gasteiger partial charge on any atom is -0.384 e. The number of ether oxygens (including phenoxy) is 1. The average molecular weight is 513 g/mol. The number of amides is 1. The lowest BCUT2D eigenvalue weighted by Gasteiger charge is -2.29. The number of carbonyl (C=O) groups is 1. The smallest absolute Gasteiger partial charge is 0.241 e. The van der Waals surface area contributed by atoms with Crippen LogP contribution in [0.4, 0.5) is 17.1 Å². The number of fused-ring (bicyclic) bond motifs is 1. The highest BCUT2D eigenvalue weighted by atomic mass is 16.5. The van der Waals surface area contributed by atoms with Gasteiger partial charge in [-0.25, -0.2) is 0 Å². The molecule has 0 aromatic heterocycles. The van der Waals surface area contributed by atoms with Gasteiger partial charge in [-0.3, -0.25) is 9.69 Å². The van der Waals surface area contributed by atoms with Crippen molar-refractivity contribution in [1.29, 1.82) is 5.26 Å². The summed E-state index contributed by atoms with van der Waals surface area (Å²) in [6.45, 7) is 7.44. The van der Waals surface area contributed by atoms with E-state index in [9.17, 15) is 10.1 Å². The van der Waals surface area contributed by atoms with Gasteiger partial charge in [-0.15, -0.1) is 0 Å². The van der Waals surface area contributed by atoms with Crippen molar-refractivity contribution < 1.29 is 9.53 Å². The minimum absolute atomic E-state index is 0.0287. The van der Waals surface area contributed by atoms with Crippen molar-refractivity contribution in [2.45, 2.75) is 64.8 Å². The molecule has 2 N–H and O–H groups in total. The Balaban J connectivity index is 1.39. The van der Waals surface area contributed by atoms with E-state index in [4.69, 9.17) is 4.74 Å². The molecule has 2 aromatic rings. The normalized spacial score (nSPS) is 20.3. The number of benzene rings is 2. The van der Waals surface area contributed by atoms with Crippen LogP contribution < -0.4 is 15.5 Å². The zero-order valence-corrected chi connectivity index (χ0v) is 22.8. The Morgan fingerprint density at radius 3 is 2.45 bits per heavy atom. The Morgan fingerprint density at radius 2 is 1.74 bits per heavy atom. The summed E-state index contributed by atoms with van der Waals surface area (Å²) in [5, 5.41) is 16.8. The number of nitrogens with zero attached hydrogens (tertiary/aromatic N) is 2.